The normalized spacial score (nSPS) is 15.6. The number of hydrogen-bond acceptors (Lipinski definition) is 9. The molecular formula is C18H21N5O6S. The van der Waals surface area contributed by atoms with Gasteiger partial charge in [-0.1, -0.05) is 10.3 Å². The van der Waals surface area contributed by atoms with Gasteiger partial charge >= 0.3 is 0 Å². The van der Waals surface area contributed by atoms with E-state index in [1.165, 1.54) is 10.6 Å². The first-order chi connectivity index (χ1) is 14.4. The SMILES string of the molecule is Cc1noc(C)c1S(=O)(=O)N1CCN(C(=O)CCc2nc(-c3ccco3)no2)CC1. The fourth-order valence-electron chi connectivity index (χ4n) is 3.38. The Bertz CT molecular complexity index is 1110. The van der Waals surface area contributed by atoms with Gasteiger partial charge in [-0.25, -0.2) is 8.42 Å². The molecule has 30 heavy (non-hydrogen) atoms. The van der Waals surface area contributed by atoms with Gasteiger partial charge in [0, 0.05) is 39.0 Å². The first-order valence-corrected chi connectivity index (χ1v) is 10.9. The zero-order valence-electron chi connectivity index (χ0n) is 16.6. The molecule has 0 unspecified atom stereocenters. The van der Waals surface area contributed by atoms with Crippen LogP contribution < -0.4 is 0 Å². The Morgan fingerprint density at radius 1 is 1.13 bits per heavy atom. The van der Waals surface area contributed by atoms with Crippen LogP contribution in [0.5, 0.6) is 0 Å². The van der Waals surface area contributed by atoms with Gasteiger partial charge in [0.25, 0.3) is 0 Å². The van der Waals surface area contributed by atoms with Crippen molar-refractivity contribution in [3.05, 3.63) is 35.7 Å². The van der Waals surface area contributed by atoms with Crippen LogP contribution in [0.1, 0.15) is 23.8 Å². The Morgan fingerprint density at radius 2 is 1.90 bits per heavy atom. The highest BCUT2D eigenvalue weighted by molar-refractivity contribution is 7.89. The molecule has 12 heteroatoms. The topological polar surface area (TPSA) is 136 Å². The van der Waals surface area contributed by atoms with Crippen LogP contribution in [0.3, 0.4) is 0 Å². The minimum atomic E-state index is -3.71. The maximum absolute atomic E-state index is 12.9. The van der Waals surface area contributed by atoms with Gasteiger partial charge in [-0.15, -0.1) is 0 Å². The first-order valence-electron chi connectivity index (χ1n) is 9.43. The molecule has 0 aromatic carbocycles. The molecule has 0 N–H and O–H groups in total. The van der Waals surface area contributed by atoms with Gasteiger partial charge in [-0.3, -0.25) is 4.79 Å². The Morgan fingerprint density at radius 3 is 2.53 bits per heavy atom. The monoisotopic (exact) mass is 435 g/mol. The van der Waals surface area contributed by atoms with E-state index in [2.05, 4.69) is 15.3 Å². The fourth-order valence-corrected chi connectivity index (χ4v) is 5.10. The third kappa shape index (κ3) is 3.87. The van der Waals surface area contributed by atoms with Crippen molar-refractivity contribution in [3.63, 3.8) is 0 Å². The van der Waals surface area contributed by atoms with Gasteiger partial charge in [0.2, 0.25) is 27.6 Å². The standard InChI is InChI=1S/C18H21N5O6S/c1-12-17(13(2)28-20-12)30(25,26)23-9-7-22(8-10-23)16(24)6-5-15-19-18(21-29-15)14-4-3-11-27-14/h3-4,11H,5-10H2,1-2H3. The highest BCUT2D eigenvalue weighted by atomic mass is 32.2. The van der Waals surface area contributed by atoms with E-state index in [-0.39, 0.29) is 36.1 Å². The molecular weight excluding hydrogens is 414 g/mol. The van der Waals surface area contributed by atoms with E-state index >= 15 is 0 Å². The first kappa shape index (κ1) is 20.3. The van der Waals surface area contributed by atoms with E-state index in [4.69, 9.17) is 13.5 Å². The molecule has 4 heterocycles. The third-order valence-electron chi connectivity index (χ3n) is 4.92. The summed E-state index contributed by atoms with van der Waals surface area (Å²) >= 11 is 0. The lowest BCUT2D eigenvalue weighted by atomic mass is 10.2. The smallest absolute Gasteiger partial charge is 0.248 e. The number of furan rings is 1. The summed E-state index contributed by atoms with van der Waals surface area (Å²) in [6.07, 6.45) is 2.00. The number of nitrogens with zero attached hydrogens (tertiary/aromatic N) is 5. The Hall–Kier alpha value is -2.99. The maximum Gasteiger partial charge on any atom is 0.248 e. The molecule has 0 saturated carbocycles. The summed E-state index contributed by atoms with van der Waals surface area (Å²) in [5.41, 5.74) is 0.333. The van der Waals surface area contributed by atoms with E-state index in [9.17, 15) is 13.2 Å². The van der Waals surface area contributed by atoms with Crippen molar-refractivity contribution < 1.29 is 26.7 Å². The van der Waals surface area contributed by atoms with Crippen molar-refractivity contribution in [3.8, 4) is 11.6 Å². The zero-order chi connectivity index (χ0) is 21.3. The van der Waals surface area contributed by atoms with Crippen LogP contribution in [0.25, 0.3) is 11.6 Å². The Balaban J connectivity index is 1.31. The second-order valence-electron chi connectivity index (χ2n) is 6.93. The minimum absolute atomic E-state index is 0.0952. The highest BCUT2D eigenvalue weighted by Crippen LogP contribution is 2.24. The number of aryl methyl sites for hydroxylation is 3. The van der Waals surface area contributed by atoms with Gasteiger partial charge in [0.1, 0.15) is 10.6 Å². The minimum Gasteiger partial charge on any atom is -0.461 e. The molecule has 4 rings (SSSR count). The summed E-state index contributed by atoms with van der Waals surface area (Å²) in [4.78, 5) is 18.5. The number of hydrogen-bond donors (Lipinski definition) is 0. The van der Waals surface area contributed by atoms with Crippen LogP contribution in [0.2, 0.25) is 0 Å². The molecule has 1 fully saturated rings. The zero-order valence-corrected chi connectivity index (χ0v) is 17.4. The summed E-state index contributed by atoms with van der Waals surface area (Å²) in [5, 5.41) is 7.55. The summed E-state index contributed by atoms with van der Waals surface area (Å²) in [6.45, 7) is 4.20. The molecule has 160 valence electrons. The number of carbonyl (C=O) groups is 1. The van der Waals surface area contributed by atoms with Gasteiger partial charge in [-0.05, 0) is 26.0 Å². The molecule has 3 aromatic heterocycles. The molecule has 0 radical (unpaired) electrons. The molecule has 0 aliphatic carbocycles. The van der Waals surface area contributed by atoms with Crippen molar-refractivity contribution in [2.75, 3.05) is 26.2 Å². The largest absolute Gasteiger partial charge is 0.461 e. The second kappa shape index (κ2) is 8.03. The quantitative estimate of drug-likeness (QED) is 0.563. The number of piperazine rings is 1. The highest BCUT2D eigenvalue weighted by Gasteiger charge is 2.34. The molecule has 1 aliphatic heterocycles. The predicted octanol–water partition coefficient (Wildman–Crippen LogP) is 1.40. The third-order valence-corrected chi connectivity index (χ3v) is 7.06. The summed E-state index contributed by atoms with van der Waals surface area (Å²) in [6, 6.07) is 3.44. The van der Waals surface area contributed by atoms with E-state index < -0.39 is 10.0 Å². The van der Waals surface area contributed by atoms with Crippen LogP contribution in [-0.2, 0) is 21.2 Å². The van der Waals surface area contributed by atoms with Crippen molar-refractivity contribution in [1.82, 2.24) is 24.5 Å². The average molecular weight is 435 g/mol. The number of sulfonamides is 1. The van der Waals surface area contributed by atoms with Crippen LogP contribution in [0.15, 0.2) is 36.8 Å². The van der Waals surface area contributed by atoms with Gasteiger partial charge in [0.15, 0.2) is 11.5 Å². The van der Waals surface area contributed by atoms with Gasteiger partial charge in [-0.2, -0.15) is 9.29 Å². The maximum atomic E-state index is 12.9. The van der Waals surface area contributed by atoms with Crippen LogP contribution >= 0.6 is 0 Å². The van der Waals surface area contributed by atoms with Crippen LogP contribution in [0, 0.1) is 13.8 Å². The molecule has 0 spiro atoms. The summed E-state index contributed by atoms with van der Waals surface area (Å²) in [5.74, 6) is 1.34. The lowest BCUT2D eigenvalue weighted by molar-refractivity contribution is -0.132. The molecule has 3 aromatic rings. The van der Waals surface area contributed by atoms with Crippen molar-refractivity contribution in [2.24, 2.45) is 0 Å². The van der Waals surface area contributed by atoms with Gasteiger partial charge in [0.05, 0.1) is 6.26 Å². The Labute approximate surface area is 172 Å². The van der Waals surface area contributed by atoms with E-state index in [1.807, 2.05) is 0 Å². The summed E-state index contributed by atoms with van der Waals surface area (Å²) in [7, 11) is -3.71. The van der Waals surface area contributed by atoms with E-state index in [0.29, 0.717) is 42.7 Å². The predicted molar refractivity (Wildman–Crippen MR) is 102 cm³/mol. The van der Waals surface area contributed by atoms with E-state index in [0.717, 1.165) is 0 Å². The van der Waals surface area contributed by atoms with Crippen molar-refractivity contribution in [2.45, 2.75) is 31.6 Å². The van der Waals surface area contributed by atoms with Crippen molar-refractivity contribution >= 4 is 15.9 Å². The van der Waals surface area contributed by atoms with E-state index in [1.54, 1.807) is 30.9 Å². The Kier molecular flexibility index (Phi) is 5.43. The number of amides is 1. The number of aromatic nitrogens is 3. The molecule has 1 amide bonds. The lowest BCUT2D eigenvalue weighted by Crippen LogP contribution is -2.50. The molecule has 0 atom stereocenters. The molecule has 1 aliphatic rings. The summed E-state index contributed by atoms with van der Waals surface area (Å²) < 4.78 is 42.4. The molecule has 11 nitrogen and oxygen atoms in total. The van der Waals surface area contributed by atoms with Crippen LogP contribution in [-0.4, -0.2) is 65.0 Å². The van der Waals surface area contributed by atoms with Gasteiger partial charge < -0.3 is 18.4 Å². The number of rotatable bonds is 6. The molecule has 1 saturated heterocycles. The second-order valence-corrected chi connectivity index (χ2v) is 8.80. The molecule has 0 bridgehead atoms. The van der Waals surface area contributed by atoms with Crippen molar-refractivity contribution in [1.29, 1.82) is 0 Å². The number of carbonyl (C=O) groups excluding carboxylic acids is 1. The lowest BCUT2D eigenvalue weighted by Gasteiger charge is -2.33. The average Bonchev–Trinajstić information content (AvgIpc) is 3.47. The fraction of sp³-hybridized carbons (Fsp3) is 0.444. The van der Waals surface area contributed by atoms with Crippen LogP contribution in [0.4, 0.5) is 0 Å².